The van der Waals surface area contributed by atoms with Crippen molar-refractivity contribution in [2.75, 3.05) is 20.1 Å². The SMILES string of the molecule is CN(C(=O)c1cccs1)[C@H](Cc1ccccc1)C1CCN(C(=O)c2ccn(C)n2)CC1. The molecule has 1 saturated heterocycles. The van der Waals surface area contributed by atoms with Crippen molar-refractivity contribution in [1.82, 2.24) is 19.6 Å². The molecule has 0 saturated carbocycles. The molecule has 0 spiro atoms. The molecule has 4 rings (SSSR count). The molecule has 7 heteroatoms. The van der Waals surface area contributed by atoms with Gasteiger partial charge in [0.1, 0.15) is 5.69 Å². The van der Waals surface area contributed by atoms with Crippen LogP contribution in [0.2, 0.25) is 0 Å². The van der Waals surface area contributed by atoms with Crippen LogP contribution in [0.1, 0.15) is 38.6 Å². The molecule has 0 aliphatic carbocycles. The van der Waals surface area contributed by atoms with E-state index >= 15 is 0 Å². The lowest BCUT2D eigenvalue weighted by molar-refractivity contribution is 0.0522. The van der Waals surface area contributed by atoms with E-state index in [1.807, 2.05) is 59.6 Å². The Hall–Kier alpha value is -2.93. The third-order valence-electron chi connectivity index (χ3n) is 6.14. The van der Waals surface area contributed by atoms with Crippen molar-refractivity contribution in [3.63, 3.8) is 0 Å². The number of aromatic nitrogens is 2. The van der Waals surface area contributed by atoms with Crippen LogP contribution in [0, 0.1) is 5.92 Å². The first-order chi connectivity index (χ1) is 15.0. The zero-order valence-electron chi connectivity index (χ0n) is 18.0. The Bertz CT molecular complexity index is 1010. The first-order valence-corrected chi connectivity index (χ1v) is 11.5. The first kappa shape index (κ1) is 21.3. The molecule has 1 atom stereocenters. The fourth-order valence-electron chi connectivity index (χ4n) is 4.38. The van der Waals surface area contributed by atoms with E-state index in [-0.39, 0.29) is 17.9 Å². The van der Waals surface area contributed by atoms with E-state index < -0.39 is 0 Å². The summed E-state index contributed by atoms with van der Waals surface area (Å²) >= 11 is 1.48. The van der Waals surface area contributed by atoms with Gasteiger partial charge in [0, 0.05) is 39.4 Å². The number of piperidine rings is 1. The summed E-state index contributed by atoms with van der Waals surface area (Å²) in [6, 6.07) is 16.0. The van der Waals surface area contributed by atoms with Gasteiger partial charge in [0.25, 0.3) is 11.8 Å². The van der Waals surface area contributed by atoms with Crippen molar-refractivity contribution < 1.29 is 9.59 Å². The van der Waals surface area contributed by atoms with Crippen LogP contribution in [0.3, 0.4) is 0 Å². The molecule has 1 aliphatic heterocycles. The van der Waals surface area contributed by atoms with Crippen LogP contribution < -0.4 is 0 Å². The summed E-state index contributed by atoms with van der Waals surface area (Å²) in [5.41, 5.74) is 1.72. The van der Waals surface area contributed by atoms with Crippen LogP contribution in [-0.2, 0) is 13.5 Å². The van der Waals surface area contributed by atoms with E-state index in [1.54, 1.807) is 16.9 Å². The largest absolute Gasteiger partial charge is 0.337 e. The lowest BCUT2D eigenvalue weighted by Gasteiger charge is -2.40. The zero-order valence-corrected chi connectivity index (χ0v) is 18.8. The van der Waals surface area contributed by atoms with Gasteiger partial charge >= 0.3 is 0 Å². The number of hydrogen-bond acceptors (Lipinski definition) is 4. The van der Waals surface area contributed by atoms with Gasteiger partial charge in [-0.15, -0.1) is 11.3 Å². The Morgan fingerprint density at radius 2 is 1.87 bits per heavy atom. The highest BCUT2D eigenvalue weighted by Crippen LogP contribution is 2.28. The molecule has 1 fully saturated rings. The minimum Gasteiger partial charge on any atom is -0.337 e. The van der Waals surface area contributed by atoms with Gasteiger partial charge in [-0.1, -0.05) is 36.4 Å². The maximum atomic E-state index is 13.1. The lowest BCUT2D eigenvalue weighted by atomic mass is 9.84. The second kappa shape index (κ2) is 9.47. The number of aryl methyl sites for hydroxylation is 1. The van der Waals surface area contributed by atoms with Crippen molar-refractivity contribution in [1.29, 1.82) is 0 Å². The number of carbonyl (C=O) groups is 2. The summed E-state index contributed by atoms with van der Waals surface area (Å²) in [7, 11) is 3.73. The Kier molecular flexibility index (Phi) is 6.51. The molecule has 0 bridgehead atoms. The van der Waals surface area contributed by atoms with Gasteiger partial charge in [0.15, 0.2) is 0 Å². The third kappa shape index (κ3) is 4.88. The van der Waals surface area contributed by atoms with Crippen LogP contribution >= 0.6 is 11.3 Å². The van der Waals surface area contributed by atoms with Crippen LogP contribution in [0.5, 0.6) is 0 Å². The first-order valence-electron chi connectivity index (χ1n) is 10.7. The molecule has 1 aliphatic rings. The number of rotatable bonds is 6. The molecule has 2 aromatic heterocycles. The van der Waals surface area contributed by atoms with Crippen molar-refractivity contribution in [2.45, 2.75) is 25.3 Å². The quantitative estimate of drug-likeness (QED) is 0.592. The van der Waals surface area contributed by atoms with Crippen LogP contribution in [0.15, 0.2) is 60.1 Å². The normalized spacial score (nSPS) is 15.6. The van der Waals surface area contributed by atoms with E-state index in [2.05, 4.69) is 17.2 Å². The fraction of sp³-hybridized carbons (Fsp3) is 0.375. The summed E-state index contributed by atoms with van der Waals surface area (Å²) in [6.45, 7) is 1.37. The van der Waals surface area contributed by atoms with Gasteiger partial charge in [-0.3, -0.25) is 14.3 Å². The lowest BCUT2D eigenvalue weighted by Crippen LogP contribution is -2.48. The Labute approximate surface area is 187 Å². The molecule has 0 unspecified atom stereocenters. The fourth-order valence-corrected chi connectivity index (χ4v) is 5.08. The number of likely N-dealkylation sites (tertiary alicyclic amines) is 1. The van der Waals surface area contributed by atoms with Crippen molar-refractivity contribution in [3.8, 4) is 0 Å². The highest BCUT2D eigenvalue weighted by Gasteiger charge is 2.33. The number of amides is 2. The molecule has 31 heavy (non-hydrogen) atoms. The molecular formula is C24H28N4O2S. The molecule has 3 heterocycles. The topological polar surface area (TPSA) is 58.4 Å². The average molecular weight is 437 g/mol. The van der Waals surface area contributed by atoms with Crippen molar-refractivity contribution in [2.24, 2.45) is 13.0 Å². The molecule has 3 aromatic rings. The molecule has 6 nitrogen and oxygen atoms in total. The standard InChI is InChI=1S/C24H28N4O2S/c1-26-13-12-20(25-26)23(29)28-14-10-19(11-15-28)21(17-18-7-4-3-5-8-18)27(2)24(30)22-9-6-16-31-22/h3-9,12-13,16,19,21H,10-11,14-15,17H2,1-2H3/t21-/m1/s1. The van der Waals surface area contributed by atoms with Gasteiger partial charge in [-0.05, 0) is 48.3 Å². The van der Waals surface area contributed by atoms with Gasteiger partial charge < -0.3 is 9.80 Å². The highest BCUT2D eigenvalue weighted by atomic mass is 32.1. The second-order valence-corrected chi connectivity index (χ2v) is 9.10. The third-order valence-corrected chi connectivity index (χ3v) is 7.00. The summed E-state index contributed by atoms with van der Waals surface area (Å²) in [5.74, 6) is 0.395. The minimum atomic E-state index is -0.0123. The number of nitrogens with zero attached hydrogens (tertiary/aromatic N) is 4. The van der Waals surface area contributed by atoms with Crippen LogP contribution in [0.4, 0.5) is 0 Å². The molecule has 162 valence electrons. The maximum Gasteiger partial charge on any atom is 0.274 e. The molecule has 0 N–H and O–H groups in total. The molecule has 2 amide bonds. The number of likely N-dealkylation sites (N-methyl/N-ethyl adjacent to an activating group) is 1. The van der Waals surface area contributed by atoms with Crippen LogP contribution in [0.25, 0.3) is 0 Å². The molecule has 0 radical (unpaired) electrons. The summed E-state index contributed by atoms with van der Waals surface area (Å²) in [5, 5.41) is 6.19. The van der Waals surface area contributed by atoms with E-state index in [9.17, 15) is 9.59 Å². The zero-order chi connectivity index (χ0) is 21.8. The monoisotopic (exact) mass is 436 g/mol. The molecular weight excluding hydrogens is 408 g/mol. The minimum absolute atomic E-state index is 0.0123. The Morgan fingerprint density at radius 1 is 1.13 bits per heavy atom. The number of thiophene rings is 1. The predicted octanol–water partition coefficient (Wildman–Crippen LogP) is 3.72. The summed E-state index contributed by atoms with van der Waals surface area (Å²) < 4.78 is 1.65. The molecule has 1 aromatic carbocycles. The van der Waals surface area contributed by atoms with E-state index in [0.29, 0.717) is 24.7 Å². The number of carbonyl (C=O) groups excluding carboxylic acids is 2. The van der Waals surface area contributed by atoms with Gasteiger partial charge in [0.05, 0.1) is 4.88 Å². The number of benzene rings is 1. The maximum absolute atomic E-state index is 13.1. The number of hydrogen-bond donors (Lipinski definition) is 0. The van der Waals surface area contributed by atoms with Crippen molar-refractivity contribution in [3.05, 3.63) is 76.2 Å². The van der Waals surface area contributed by atoms with Crippen molar-refractivity contribution >= 4 is 23.2 Å². The smallest absolute Gasteiger partial charge is 0.274 e. The second-order valence-electron chi connectivity index (χ2n) is 8.15. The highest BCUT2D eigenvalue weighted by molar-refractivity contribution is 7.12. The summed E-state index contributed by atoms with van der Waals surface area (Å²) in [4.78, 5) is 30.4. The Balaban J connectivity index is 1.48. The predicted molar refractivity (Wildman–Crippen MR) is 122 cm³/mol. The van der Waals surface area contributed by atoms with Gasteiger partial charge in [-0.2, -0.15) is 5.10 Å². The van der Waals surface area contributed by atoms with Gasteiger partial charge in [-0.25, -0.2) is 0 Å². The van der Waals surface area contributed by atoms with Gasteiger partial charge in [0.2, 0.25) is 0 Å². The van der Waals surface area contributed by atoms with E-state index in [0.717, 1.165) is 24.1 Å². The Morgan fingerprint density at radius 3 is 2.48 bits per heavy atom. The average Bonchev–Trinajstić information content (AvgIpc) is 3.49. The van der Waals surface area contributed by atoms with E-state index in [4.69, 9.17) is 0 Å². The summed E-state index contributed by atoms with van der Waals surface area (Å²) in [6.07, 6.45) is 4.35. The van der Waals surface area contributed by atoms with E-state index in [1.165, 1.54) is 16.9 Å². The van der Waals surface area contributed by atoms with Crippen LogP contribution in [-0.4, -0.2) is 57.6 Å².